The van der Waals surface area contributed by atoms with Crippen LogP contribution in [0.15, 0.2) is 24.3 Å². The highest BCUT2D eigenvalue weighted by Crippen LogP contribution is 2.06. The summed E-state index contributed by atoms with van der Waals surface area (Å²) in [5, 5.41) is 0. The fraction of sp³-hybridized carbons (Fsp3) is 0.250. The second kappa shape index (κ2) is 4.09. The molecule has 1 aromatic rings. The minimum Gasteiger partial charge on any atom is -0.211 e. The predicted molar refractivity (Wildman–Crippen MR) is 52.8 cm³/mol. The Balaban J connectivity index is 2.82. The maximum absolute atomic E-state index is 11.0. The first-order valence-corrected chi connectivity index (χ1v) is 5.72. The standard InChI is InChI=1S/C8H10ClNO2S/c1-7-2-4-8(5-3-7)6-13(11,12)10-9/h2-5,10H,6H2,1H3. The summed E-state index contributed by atoms with van der Waals surface area (Å²) in [6.07, 6.45) is 0. The second-order valence-electron chi connectivity index (χ2n) is 2.82. The van der Waals surface area contributed by atoms with Gasteiger partial charge in [0.05, 0.1) is 5.75 Å². The molecule has 13 heavy (non-hydrogen) atoms. The average Bonchev–Trinajstić information content (AvgIpc) is 2.09. The van der Waals surface area contributed by atoms with Crippen LogP contribution in [0.25, 0.3) is 0 Å². The van der Waals surface area contributed by atoms with E-state index in [9.17, 15) is 8.42 Å². The molecule has 0 saturated heterocycles. The molecule has 0 fully saturated rings. The molecule has 0 spiro atoms. The van der Waals surface area contributed by atoms with Gasteiger partial charge in [0.2, 0.25) is 10.0 Å². The van der Waals surface area contributed by atoms with Crippen LogP contribution in [0.2, 0.25) is 0 Å². The van der Waals surface area contributed by atoms with Gasteiger partial charge in [0, 0.05) is 0 Å². The largest absolute Gasteiger partial charge is 0.229 e. The summed E-state index contributed by atoms with van der Waals surface area (Å²) in [6, 6.07) is 7.25. The fourth-order valence-electron chi connectivity index (χ4n) is 0.931. The van der Waals surface area contributed by atoms with Gasteiger partial charge in [-0.15, -0.1) is 4.24 Å². The summed E-state index contributed by atoms with van der Waals surface area (Å²) in [6.45, 7) is 1.94. The van der Waals surface area contributed by atoms with E-state index in [1.165, 1.54) is 0 Å². The van der Waals surface area contributed by atoms with Crippen LogP contribution in [0.5, 0.6) is 0 Å². The number of aryl methyl sites for hydroxylation is 1. The van der Waals surface area contributed by atoms with Crippen molar-refractivity contribution in [3.8, 4) is 0 Å². The van der Waals surface area contributed by atoms with Gasteiger partial charge in [0.15, 0.2) is 0 Å². The number of halogens is 1. The molecule has 1 rings (SSSR count). The van der Waals surface area contributed by atoms with Crippen LogP contribution in [-0.2, 0) is 15.8 Å². The van der Waals surface area contributed by atoms with Crippen molar-refractivity contribution in [3.63, 3.8) is 0 Å². The number of hydrogen-bond donors (Lipinski definition) is 1. The molecule has 0 radical (unpaired) electrons. The average molecular weight is 220 g/mol. The lowest BCUT2D eigenvalue weighted by atomic mass is 10.2. The summed E-state index contributed by atoms with van der Waals surface area (Å²) < 4.78 is 23.8. The van der Waals surface area contributed by atoms with Gasteiger partial charge in [0.1, 0.15) is 0 Å². The summed E-state index contributed by atoms with van der Waals surface area (Å²) in [5.41, 5.74) is 1.82. The molecule has 0 aliphatic rings. The molecule has 1 aromatic carbocycles. The van der Waals surface area contributed by atoms with Crippen LogP contribution in [0.3, 0.4) is 0 Å². The van der Waals surface area contributed by atoms with Gasteiger partial charge in [-0.2, -0.15) is 0 Å². The Bertz CT molecular complexity index is 372. The van der Waals surface area contributed by atoms with Crippen LogP contribution in [0.4, 0.5) is 0 Å². The molecule has 1 N–H and O–H groups in total. The quantitative estimate of drug-likeness (QED) is 0.785. The first kappa shape index (κ1) is 10.5. The Kier molecular flexibility index (Phi) is 3.30. The van der Waals surface area contributed by atoms with Crippen LogP contribution in [-0.4, -0.2) is 8.42 Å². The van der Waals surface area contributed by atoms with Crippen molar-refractivity contribution < 1.29 is 8.42 Å². The number of sulfonamides is 1. The van der Waals surface area contributed by atoms with Crippen LogP contribution in [0, 0.1) is 6.92 Å². The lowest BCUT2D eigenvalue weighted by molar-refractivity contribution is 0.593. The third-order valence-corrected chi connectivity index (χ3v) is 3.25. The van der Waals surface area contributed by atoms with Crippen molar-refractivity contribution in [1.29, 1.82) is 0 Å². The molecule has 5 heteroatoms. The van der Waals surface area contributed by atoms with Crippen LogP contribution < -0.4 is 4.24 Å². The second-order valence-corrected chi connectivity index (χ2v) is 4.96. The summed E-state index contributed by atoms with van der Waals surface area (Å²) in [7, 11) is -3.37. The van der Waals surface area contributed by atoms with Crippen molar-refractivity contribution >= 4 is 21.8 Å². The van der Waals surface area contributed by atoms with Crippen LogP contribution in [0.1, 0.15) is 11.1 Å². The van der Waals surface area contributed by atoms with Gasteiger partial charge in [-0.25, -0.2) is 8.42 Å². The minimum atomic E-state index is -3.37. The molecule has 72 valence electrons. The monoisotopic (exact) mass is 219 g/mol. The van der Waals surface area contributed by atoms with Crippen molar-refractivity contribution in [2.75, 3.05) is 0 Å². The molecule has 0 aliphatic carbocycles. The Hall–Kier alpha value is -0.580. The summed E-state index contributed by atoms with van der Waals surface area (Å²) in [5.74, 6) is -0.0865. The Labute approximate surface area is 82.9 Å². The molecule has 0 aliphatic heterocycles. The zero-order chi connectivity index (χ0) is 9.90. The topological polar surface area (TPSA) is 46.2 Å². The van der Waals surface area contributed by atoms with E-state index >= 15 is 0 Å². The zero-order valence-electron chi connectivity index (χ0n) is 7.12. The van der Waals surface area contributed by atoms with Gasteiger partial charge >= 0.3 is 0 Å². The Morgan fingerprint density at radius 1 is 1.31 bits per heavy atom. The van der Waals surface area contributed by atoms with E-state index in [0.29, 0.717) is 0 Å². The van der Waals surface area contributed by atoms with E-state index in [0.717, 1.165) is 11.1 Å². The molecule has 0 aromatic heterocycles. The smallest absolute Gasteiger partial charge is 0.211 e. The van der Waals surface area contributed by atoms with Crippen molar-refractivity contribution in [1.82, 2.24) is 4.24 Å². The first-order chi connectivity index (χ1) is 6.03. The molecular weight excluding hydrogens is 210 g/mol. The maximum Gasteiger partial charge on any atom is 0.229 e. The van der Waals surface area contributed by atoms with Gasteiger partial charge in [-0.3, -0.25) is 0 Å². The third kappa shape index (κ3) is 3.34. The van der Waals surface area contributed by atoms with Crippen molar-refractivity contribution in [2.45, 2.75) is 12.7 Å². The molecule has 0 atom stereocenters. The van der Waals surface area contributed by atoms with E-state index in [4.69, 9.17) is 11.8 Å². The summed E-state index contributed by atoms with van der Waals surface area (Å²) in [4.78, 5) is 0. The van der Waals surface area contributed by atoms with Crippen molar-refractivity contribution in [3.05, 3.63) is 35.4 Å². The Morgan fingerprint density at radius 2 is 1.85 bits per heavy atom. The highest BCUT2D eigenvalue weighted by molar-refractivity contribution is 7.89. The predicted octanol–water partition coefficient (Wildman–Crippen LogP) is 1.57. The van der Waals surface area contributed by atoms with Gasteiger partial charge in [-0.05, 0) is 24.3 Å². The minimum absolute atomic E-state index is 0.0865. The van der Waals surface area contributed by atoms with E-state index in [1.807, 2.05) is 19.1 Å². The van der Waals surface area contributed by atoms with Gasteiger partial charge in [0.25, 0.3) is 0 Å². The fourth-order valence-corrected chi connectivity index (χ4v) is 1.78. The number of rotatable bonds is 3. The Morgan fingerprint density at radius 3 is 2.31 bits per heavy atom. The van der Waals surface area contributed by atoms with Crippen molar-refractivity contribution in [2.24, 2.45) is 0 Å². The normalized spacial score (nSPS) is 11.5. The summed E-state index contributed by atoms with van der Waals surface area (Å²) >= 11 is 5.04. The lowest BCUT2D eigenvalue weighted by Crippen LogP contribution is -2.15. The molecule has 0 bridgehead atoms. The lowest BCUT2D eigenvalue weighted by Gasteiger charge is -2.01. The molecular formula is C8H10ClNO2S. The maximum atomic E-state index is 11.0. The molecule has 0 heterocycles. The SMILES string of the molecule is Cc1ccc(CS(=O)(=O)NCl)cc1. The van der Waals surface area contributed by atoms with Crippen LogP contribution >= 0.6 is 11.8 Å². The number of benzene rings is 1. The molecule has 0 amide bonds. The zero-order valence-corrected chi connectivity index (χ0v) is 8.69. The number of nitrogens with one attached hydrogen (secondary N) is 1. The molecule has 3 nitrogen and oxygen atoms in total. The third-order valence-electron chi connectivity index (χ3n) is 1.59. The first-order valence-electron chi connectivity index (χ1n) is 3.69. The molecule has 0 saturated carbocycles. The highest BCUT2D eigenvalue weighted by Gasteiger charge is 2.08. The molecule has 0 unspecified atom stereocenters. The van der Waals surface area contributed by atoms with Gasteiger partial charge in [-0.1, -0.05) is 29.8 Å². The van der Waals surface area contributed by atoms with E-state index in [2.05, 4.69) is 0 Å². The number of hydrogen-bond acceptors (Lipinski definition) is 2. The van der Waals surface area contributed by atoms with E-state index < -0.39 is 10.0 Å². The highest BCUT2D eigenvalue weighted by atomic mass is 35.5. The van der Waals surface area contributed by atoms with Gasteiger partial charge < -0.3 is 0 Å². The van der Waals surface area contributed by atoms with E-state index in [-0.39, 0.29) is 5.75 Å². The van der Waals surface area contributed by atoms with E-state index in [1.54, 1.807) is 16.4 Å².